The molecule has 3 rings (SSSR count). The molecule has 1 amide bonds. The summed E-state index contributed by atoms with van der Waals surface area (Å²) in [5, 5.41) is 3.52. The Hall–Kier alpha value is -1.000. The fourth-order valence-corrected chi connectivity index (χ4v) is 4.80. The van der Waals surface area contributed by atoms with Crippen LogP contribution in [0.1, 0.15) is 20.9 Å². The van der Waals surface area contributed by atoms with Crippen molar-refractivity contribution in [3.63, 3.8) is 0 Å². The van der Waals surface area contributed by atoms with Gasteiger partial charge in [0, 0.05) is 28.9 Å². The van der Waals surface area contributed by atoms with Gasteiger partial charge in [-0.1, -0.05) is 27.5 Å². The summed E-state index contributed by atoms with van der Waals surface area (Å²) in [6, 6.07) is 5.02. The quantitative estimate of drug-likeness (QED) is 0.779. The van der Waals surface area contributed by atoms with Crippen LogP contribution in [0.2, 0.25) is 5.02 Å². The number of amides is 1. The Morgan fingerprint density at radius 1 is 1.46 bits per heavy atom. The zero-order chi connectivity index (χ0) is 17.5. The average molecular weight is 451 g/mol. The van der Waals surface area contributed by atoms with Crippen LogP contribution in [-0.2, 0) is 23.0 Å². The van der Waals surface area contributed by atoms with E-state index < -0.39 is 10.0 Å². The number of halogens is 2. The Labute approximate surface area is 157 Å². The van der Waals surface area contributed by atoms with Crippen molar-refractivity contribution < 1.29 is 13.2 Å². The summed E-state index contributed by atoms with van der Waals surface area (Å²) in [6.45, 7) is 0.694. The molecule has 0 saturated heterocycles. The summed E-state index contributed by atoms with van der Waals surface area (Å²) >= 11 is 10.6. The molecule has 10 heteroatoms. The van der Waals surface area contributed by atoms with Crippen LogP contribution in [0.4, 0.5) is 5.13 Å². The molecule has 0 bridgehead atoms. The van der Waals surface area contributed by atoms with E-state index in [0.29, 0.717) is 35.2 Å². The maximum Gasteiger partial charge on any atom is 0.258 e. The van der Waals surface area contributed by atoms with E-state index in [1.54, 1.807) is 18.2 Å². The zero-order valence-corrected chi connectivity index (χ0v) is 16.5. The first kappa shape index (κ1) is 17.8. The molecule has 2 heterocycles. The molecule has 128 valence electrons. The average Bonchev–Trinajstić information content (AvgIpc) is 2.89. The minimum Gasteiger partial charge on any atom is -0.298 e. The van der Waals surface area contributed by atoms with Crippen molar-refractivity contribution in [2.75, 3.05) is 18.1 Å². The normalized spacial score (nSPS) is 15.1. The van der Waals surface area contributed by atoms with Gasteiger partial charge in [0.2, 0.25) is 10.0 Å². The summed E-state index contributed by atoms with van der Waals surface area (Å²) in [6.07, 6.45) is 1.73. The molecule has 1 aliphatic heterocycles. The van der Waals surface area contributed by atoms with Gasteiger partial charge in [-0.25, -0.2) is 13.4 Å². The number of aromatic nitrogens is 1. The van der Waals surface area contributed by atoms with E-state index in [4.69, 9.17) is 11.6 Å². The Balaban J connectivity index is 1.79. The summed E-state index contributed by atoms with van der Waals surface area (Å²) in [5.74, 6) is -0.354. The predicted molar refractivity (Wildman–Crippen MR) is 98.2 cm³/mol. The van der Waals surface area contributed by atoms with E-state index in [2.05, 4.69) is 26.2 Å². The Morgan fingerprint density at radius 3 is 2.92 bits per heavy atom. The first-order valence-corrected chi connectivity index (χ1v) is 10.8. The number of carbonyl (C=O) groups excluding carboxylic acids is 1. The molecule has 6 nitrogen and oxygen atoms in total. The molecule has 0 fully saturated rings. The van der Waals surface area contributed by atoms with Crippen molar-refractivity contribution in [3.8, 4) is 0 Å². The number of nitrogens with one attached hydrogen (secondary N) is 1. The number of rotatable bonds is 3. The minimum atomic E-state index is -3.23. The van der Waals surface area contributed by atoms with Gasteiger partial charge in [-0.05, 0) is 18.2 Å². The standard InChI is InChI=1S/C14H13BrClN3O3S2/c1-24(21,22)19-5-4-11-12(7-19)23-14(17-11)18-13(20)9-6-8(15)2-3-10(9)16/h2-3,6H,4-5,7H2,1H3,(H,17,18,20). The van der Waals surface area contributed by atoms with Gasteiger partial charge in [0.25, 0.3) is 5.91 Å². The Kier molecular flexibility index (Phi) is 4.99. The van der Waals surface area contributed by atoms with E-state index >= 15 is 0 Å². The molecule has 0 saturated carbocycles. The highest BCUT2D eigenvalue weighted by Crippen LogP contribution is 2.30. The van der Waals surface area contributed by atoms with Gasteiger partial charge in [-0.2, -0.15) is 4.31 Å². The predicted octanol–water partition coefficient (Wildman–Crippen LogP) is 3.13. The fourth-order valence-electron chi connectivity index (χ4n) is 2.34. The van der Waals surface area contributed by atoms with Gasteiger partial charge in [0.15, 0.2) is 5.13 Å². The number of carbonyl (C=O) groups is 1. The van der Waals surface area contributed by atoms with Gasteiger partial charge >= 0.3 is 0 Å². The van der Waals surface area contributed by atoms with Crippen LogP contribution >= 0.6 is 38.9 Å². The Morgan fingerprint density at radius 2 is 2.21 bits per heavy atom. The Bertz CT molecular complexity index is 914. The number of sulfonamides is 1. The highest BCUT2D eigenvalue weighted by Gasteiger charge is 2.26. The molecule has 0 aliphatic carbocycles. The monoisotopic (exact) mass is 449 g/mol. The summed E-state index contributed by atoms with van der Waals surface area (Å²) in [4.78, 5) is 17.6. The maximum atomic E-state index is 12.4. The smallest absolute Gasteiger partial charge is 0.258 e. The SMILES string of the molecule is CS(=O)(=O)N1CCc2nc(NC(=O)c3cc(Br)ccc3Cl)sc2C1. The van der Waals surface area contributed by atoms with Gasteiger partial charge in [0.1, 0.15) is 0 Å². The molecule has 0 spiro atoms. The van der Waals surface area contributed by atoms with Gasteiger partial charge < -0.3 is 0 Å². The van der Waals surface area contributed by atoms with Crippen molar-refractivity contribution in [2.24, 2.45) is 0 Å². The van der Waals surface area contributed by atoms with Gasteiger partial charge in [-0.3, -0.25) is 10.1 Å². The number of hydrogen-bond acceptors (Lipinski definition) is 5. The lowest BCUT2D eigenvalue weighted by Crippen LogP contribution is -2.34. The largest absolute Gasteiger partial charge is 0.298 e. The molecular weight excluding hydrogens is 438 g/mol. The van der Waals surface area contributed by atoms with Crippen molar-refractivity contribution in [1.82, 2.24) is 9.29 Å². The van der Waals surface area contributed by atoms with Crippen molar-refractivity contribution in [3.05, 3.63) is 43.8 Å². The second-order valence-corrected chi connectivity index (χ2v) is 9.70. The second kappa shape index (κ2) is 6.72. The molecule has 0 radical (unpaired) electrons. The maximum absolute atomic E-state index is 12.4. The molecule has 1 N–H and O–H groups in total. The van der Waals surface area contributed by atoms with Gasteiger partial charge in [0.05, 0.1) is 22.5 Å². The molecule has 0 unspecified atom stereocenters. The van der Waals surface area contributed by atoms with Crippen molar-refractivity contribution in [2.45, 2.75) is 13.0 Å². The van der Waals surface area contributed by atoms with Crippen LogP contribution in [0, 0.1) is 0 Å². The number of fused-ring (bicyclic) bond motifs is 1. The highest BCUT2D eigenvalue weighted by molar-refractivity contribution is 9.10. The van der Waals surface area contributed by atoms with E-state index in [0.717, 1.165) is 15.0 Å². The second-order valence-electron chi connectivity index (χ2n) is 5.31. The van der Waals surface area contributed by atoms with E-state index in [1.807, 2.05) is 0 Å². The lowest BCUT2D eigenvalue weighted by molar-refractivity contribution is 0.102. The minimum absolute atomic E-state index is 0.291. The number of thiazole rings is 1. The highest BCUT2D eigenvalue weighted by atomic mass is 79.9. The van der Waals surface area contributed by atoms with E-state index in [9.17, 15) is 13.2 Å². The van der Waals surface area contributed by atoms with Crippen LogP contribution < -0.4 is 5.32 Å². The molecule has 0 atom stereocenters. The molecule has 2 aromatic rings. The number of anilines is 1. The number of hydrogen-bond donors (Lipinski definition) is 1. The third-order valence-electron chi connectivity index (χ3n) is 3.56. The summed E-state index contributed by atoms with van der Waals surface area (Å²) in [7, 11) is -3.23. The molecule has 1 aromatic heterocycles. The van der Waals surface area contributed by atoms with Crippen LogP contribution in [-0.4, -0.2) is 36.4 Å². The number of nitrogens with zero attached hydrogens (tertiary/aromatic N) is 2. The molecule has 24 heavy (non-hydrogen) atoms. The number of benzene rings is 1. The first-order valence-electron chi connectivity index (χ1n) is 6.94. The van der Waals surface area contributed by atoms with Gasteiger partial charge in [-0.15, -0.1) is 11.3 Å². The van der Waals surface area contributed by atoms with Crippen LogP contribution in [0.3, 0.4) is 0 Å². The molecule has 1 aliphatic rings. The first-order chi connectivity index (χ1) is 11.2. The van der Waals surface area contributed by atoms with Crippen molar-refractivity contribution >= 4 is 59.9 Å². The van der Waals surface area contributed by atoms with Crippen LogP contribution in [0.25, 0.3) is 0 Å². The third-order valence-corrected chi connectivity index (χ3v) is 6.63. The van der Waals surface area contributed by atoms with Crippen LogP contribution in [0.15, 0.2) is 22.7 Å². The van der Waals surface area contributed by atoms with Crippen LogP contribution in [0.5, 0.6) is 0 Å². The molecular formula is C14H13BrClN3O3S2. The molecule has 1 aromatic carbocycles. The van der Waals surface area contributed by atoms with E-state index in [1.165, 1.54) is 21.9 Å². The topological polar surface area (TPSA) is 79.4 Å². The van der Waals surface area contributed by atoms with E-state index in [-0.39, 0.29) is 5.91 Å². The lowest BCUT2D eigenvalue weighted by atomic mass is 10.2. The summed E-state index contributed by atoms with van der Waals surface area (Å²) in [5.41, 5.74) is 1.17. The van der Waals surface area contributed by atoms with Crippen molar-refractivity contribution in [1.29, 1.82) is 0 Å². The summed E-state index contributed by atoms with van der Waals surface area (Å²) < 4.78 is 25.5. The zero-order valence-electron chi connectivity index (χ0n) is 12.5. The lowest BCUT2D eigenvalue weighted by Gasteiger charge is -2.23. The third kappa shape index (κ3) is 3.80. The fraction of sp³-hybridized carbons (Fsp3) is 0.286.